The number of hydrogen-bond donors (Lipinski definition) is 1. The number of nitrogens with zero attached hydrogens (tertiary/aromatic N) is 2. The average molecular weight is 298 g/mol. The van der Waals surface area contributed by atoms with Crippen molar-refractivity contribution in [2.45, 2.75) is 38.1 Å². The molecule has 17 heavy (non-hydrogen) atoms. The Bertz CT molecular complexity index is 350. The van der Waals surface area contributed by atoms with E-state index < -0.39 is 0 Å². The van der Waals surface area contributed by atoms with E-state index in [0.717, 1.165) is 11.0 Å². The molecule has 0 amide bonds. The second-order valence-corrected chi connectivity index (χ2v) is 5.46. The molecule has 2 N–H and O–H groups in total. The van der Waals surface area contributed by atoms with Crippen LogP contribution >= 0.6 is 15.9 Å². The summed E-state index contributed by atoms with van der Waals surface area (Å²) in [7, 11) is 0. The van der Waals surface area contributed by atoms with Crippen molar-refractivity contribution < 1.29 is 0 Å². The molecule has 0 aliphatic heterocycles. The molecule has 94 valence electrons. The molecule has 0 saturated heterocycles. The first-order valence-electron chi connectivity index (χ1n) is 6.39. The molecule has 0 radical (unpaired) electrons. The number of halogens is 1. The molecular formula is C13H20BrN3. The van der Waals surface area contributed by atoms with Crippen molar-refractivity contribution in [3.8, 4) is 0 Å². The first-order valence-corrected chi connectivity index (χ1v) is 7.18. The Labute approximate surface area is 112 Å². The fraction of sp³-hybridized carbons (Fsp3) is 0.615. The highest BCUT2D eigenvalue weighted by Gasteiger charge is 2.22. The Morgan fingerprint density at radius 3 is 2.76 bits per heavy atom. The maximum Gasteiger partial charge on any atom is 0.0592 e. The van der Waals surface area contributed by atoms with Crippen LogP contribution in [0.4, 0.5) is 5.69 Å². The Balaban J connectivity index is 2.18. The first kappa shape index (κ1) is 12.8. The highest BCUT2D eigenvalue weighted by molar-refractivity contribution is 9.10. The zero-order chi connectivity index (χ0) is 12.1. The van der Waals surface area contributed by atoms with Crippen molar-refractivity contribution in [1.82, 2.24) is 4.98 Å². The summed E-state index contributed by atoms with van der Waals surface area (Å²) in [6.07, 6.45) is 10.4. The van der Waals surface area contributed by atoms with E-state index >= 15 is 0 Å². The second-order valence-electron chi connectivity index (χ2n) is 4.60. The van der Waals surface area contributed by atoms with E-state index in [1.807, 2.05) is 12.4 Å². The minimum atomic E-state index is 0.644. The normalized spacial score (nSPS) is 17.1. The van der Waals surface area contributed by atoms with Crippen molar-refractivity contribution in [3.05, 3.63) is 22.9 Å². The Morgan fingerprint density at radius 2 is 2.12 bits per heavy atom. The van der Waals surface area contributed by atoms with E-state index in [2.05, 4.69) is 31.9 Å². The number of pyridine rings is 1. The van der Waals surface area contributed by atoms with E-state index in [4.69, 9.17) is 5.73 Å². The molecule has 4 heteroatoms. The summed E-state index contributed by atoms with van der Waals surface area (Å²) in [5.74, 6) is 0. The largest absolute Gasteiger partial charge is 0.366 e. The van der Waals surface area contributed by atoms with Gasteiger partial charge in [-0.15, -0.1) is 0 Å². The van der Waals surface area contributed by atoms with Crippen LogP contribution in [0.3, 0.4) is 0 Å². The topological polar surface area (TPSA) is 42.1 Å². The lowest BCUT2D eigenvalue weighted by atomic mass is 9.94. The Kier molecular flexibility index (Phi) is 4.80. The maximum atomic E-state index is 5.75. The van der Waals surface area contributed by atoms with Crippen LogP contribution in [-0.2, 0) is 0 Å². The quantitative estimate of drug-likeness (QED) is 0.929. The van der Waals surface area contributed by atoms with Crippen molar-refractivity contribution in [2.24, 2.45) is 5.73 Å². The van der Waals surface area contributed by atoms with Gasteiger partial charge in [-0.3, -0.25) is 4.98 Å². The summed E-state index contributed by atoms with van der Waals surface area (Å²) in [4.78, 5) is 6.58. The van der Waals surface area contributed by atoms with E-state index in [9.17, 15) is 0 Å². The fourth-order valence-electron chi connectivity index (χ4n) is 2.63. The minimum absolute atomic E-state index is 0.644. The highest BCUT2D eigenvalue weighted by atomic mass is 79.9. The predicted octanol–water partition coefficient (Wildman–Crippen LogP) is 2.94. The summed E-state index contributed by atoms with van der Waals surface area (Å²) in [5.41, 5.74) is 6.98. The van der Waals surface area contributed by atoms with Gasteiger partial charge in [0.25, 0.3) is 0 Å². The van der Waals surface area contributed by atoms with Gasteiger partial charge in [0.05, 0.1) is 10.2 Å². The fourth-order valence-corrected chi connectivity index (χ4v) is 3.11. The molecule has 0 bridgehead atoms. The van der Waals surface area contributed by atoms with Crippen LogP contribution in [0.2, 0.25) is 0 Å². The molecule has 0 spiro atoms. The molecule has 1 heterocycles. The standard InChI is InChI=1S/C13H20BrN3/c14-12-10-16-8-6-13(12)17(9-7-15)11-4-2-1-3-5-11/h6,8,10-11H,1-5,7,9,15H2. The molecule has 1 fully saturated rings. The van der Waals surface area contributed by atoms with Crippen LogP contribution in [0.5, 0.6) is 0 Å². The minimum Gasteiger partial charge on any atom is -0.366 e. The van der Waals surface area contributed by atoms with Gasteiger partial charge in [-0.2, -0.15) is 0 Å². The molecule has 1 aromatic rings. The monoisotopic (exact) mass is 297 g/mol. The van der Waals surface area contributed by atoms with Crippen molar-refractivity contribution in [2.75, 3.05) is 18.0 Å². The highest BCUT2D eigenvalue weighted by Crippen LogP contribution is 2.31. The van der Waals surface area contributed by atoms with Crippen LogP contribution in [0.1, 0.15) is 32.1 Å². The van der Waals surface area contributed by atoms with Crippen LogP contribution < -0.4 is 10.6 Å². The molecule has 3 nitrogen and oxygen atoms in total. The van der Waals surface area contributed by atoms with Crippen molar-refractivity contribution >= 4 is 21.6 Å². The molecule has 1 saturated carbocycles. The number of aromatic nitrogens is 1. The molecule has 2 rings (SSSR count). The summed E-state index contributed by atoms with van der Waals surface area (Å²) in [5, 5.41) is 0. The zero-order valence-corrected chi connectivity index (χ0v) is 11.7. The lowest BCUT2D eigenvalue weighted by Crippen LogP contribution is -2.40. The third-order valence-corrected chi connectivity index (χ3v) is 4.06. The Morgan fingerprint density at radius 1 is 1.35 bits per heavy atom. The molecular weight excluding hydrogens is 278 g/mol. The number of anilines is 1. The van der Waals surface area contributed by atoms with Crippen LogP contribution in [0.25, 0.3) is 0 Å². The second kappa shape index (κ2) is 6.36. The van der Waals surface area contributed by atoms with Crippen molar-refractivity contribution in [3.63, 3.8) is 0 Å². The summed E-state index contributed by atoms with van der Waals surface area (Å²) in [6, 6.07) is 2.72. The van der Waals surface area contributed by atoms with Gasteiger partial charge in [-0.1, -0.05) is 19.3 Å². The van der Waals surface area contributed by atoms with Gasteiger partial charge in [-0.05, 0) is 34.8 Å². The zero-order valence-electron chi connectivity index (χ0n) is 10.1. The van der Waals surface area contributed by atoms with Gasteiger partial charge >= 0.3 is 0 Å². The van der Waals surface area contributed by atoms with Gasteiger partial charge in [0.15, 0.2) is 0 Å². The molecule has 1 aliphatic carbocycles. The molecule has 0 aromatic carbocycles. The number of nitrogens with two attached hydrogens (primary N) is 1. The van der Waals surface area contributed by atoms with Gasteiger partial charge in [0, 0.05) is 31.5 Å². The van der Waals surface area contributed by atoms with Gasteiger partial charge in [0.2, 0.25) is 0 Å². The lowest BCUT2D eigenvalue weighted by molar-refractivity contribution is 0.415. The van der Waals surface area contributed by atoms with E-state index in [0.29, 0.717) is 12.6 Å². The molecule has 1 aliphatic rings. The lowest BCUT2D eigenvalue weighted by Gasteiger charge is -2.36. The van der Waals surface area contributed by atoms with Crippen LogP contribution in [0.15, 0.2) is 22.9 Å². The van der Waals surface area contributed by atoms with Gasteiger partial charge in [0.1, 0.15) is 0 Å². The number of hydrogen-bond acceptors (Lipinski definition) is 3. The molecule has 0 unspecified atom stereocenters. The van der Waals surface area contributed by atoms with Crippen LogP contribution in [0, 0.1) is 0 Å². The first-order chi connectivity index (χ1) is 8.33. The third kappa shape index (κ3) is 3.19. The SMILES string of the molecule is NCCN(c1ccncc1Br)C1CCCCC1. The summed E-state index contributed by atoms with van der Waals surface area (Å²) in [6.45, 7) is 1.62. The Hall–Kier alpha value is -0.610. The molecule has 1 aromatic heterocycles. The van der Waals surface area contributed by atoms with Crippen molar-refractivity contribution in [1.29, 1.82) is 0 Å². The summed E-state index contributed by atoms with van der Waals surface area (Å²) >= 11 is 3.59. The van der Waals surface area contributed by atoms with Gasteiger partial charge in [-0.25, -0.2) is 0 Å². The predicted molar refractivity (Wildman–Crippen MR) is 75.2 cm³/mol. The van der Waals surface area contributed by atoms with E-state index in [1.165, 1.54) is 37.8 Å². The van der Waals surface area contributed by atoms with E-state index in [1.54, 1.807) is 0 Å². The summed E-state index contributed by atoms with van der Waals surface area (Å²) < 4.78 is 1.07. The molecule has 0 atom stereocenters. The van der Waals surface area contributed by atoms with E-state index in [-0.39, 0.29) is 0 Å². The third-order valence-electron chi connectivity index (χ3n) is 3.45. The van der Waals surface area contributed by atoms with Gasteiger partial charge < -0.3 is 10.6 Å². The smallest absolute Gasteiger partial charge is 0.0592 e. The number of rotatable bonds is 4. The van der Waals surface area contributed by atoms with Crippen LogP contribution in [-0.4, -0.2) is 24.1 Å². The maximum absolute atomic E-state index is 5.75. The average Bonchev–Trinajstić information content (AvgIpc) is 2.38.